The molecule has 1 aliphatic heterocycles. The third-order valence-electron chi connectivity index (χ3n) is 2.55. The van der Waals surface area contributed by atoms with Crippen LogP contribution >= 0.6 is 11.3 Å². The van der Waals surface area contributed by atoms with Gasteiger partial charge in [0.05, 0.1) is 0 Å². The Labute approximate surface area is 93.2 Å². The third kappa shape index (κ3) is 2.49. The number of hydrazine groups is 1. The van der Waals surface area contributed by atoms with Crippen LogP contribution in [0.15, 0.2) is 17.5 Å². The summed E-state index contributed by atoms with van der Waals surface area (Å²) in [5.41, 5.74) is 0. The number of hydrogen-bond acceptors (Lipinski definition) is 3. The monoisotopic (exact) mass is 225 g/mol. The van der Waals surface area contributed by atoms with Crippen molar-refractivity contribution in [2.75, 3.05) is 19.6 Å². The maximum absolute atomic E-state index is 11.6. The van der Waals surface area contributed by atoms with Gasteiger partial charge in [0.2, 0.25) is 0 Å². The first-order chi connectivity index (χ1) is 7.27. The number of amides is 2. The third-order valence-corrected chi connectivity index (χ3v) is 3.49. The summed E-state index contributed by atoms with van der Waals surface area (Å²) in [6.07, 6.45) is 1.89. The van der Waals surface area contributed by atoms with E-state index in [2.05, 4.69) is 11.4 Å². The number of carbonyl (C=O) groups excluding carboxylic acids is 1. The van der Waals surface area contributed by atoms with Gasteiger partial charge in [-0.05, 0) is 24.3 Å². The Bertz CT molecular complexity index is 325. The van der Waals surface area contributed by atoms with Crippen LogP contribution in [0.3, 0.4) is 0 Å². The maximum atomic E-state index is 11.6. The van der Waals surface area contributed by atoms with Gasteiger partial charge >= 0.3 is 6.03 Å². The molecule has 1 aromatic rings. The van der Waals surface area contributed by atoms with Gasteiger partial charge in [0.25, 0.3) is 0 Å². The van der Waals surface area contributed by atoms with E-state index < -0.39 is 0 Å². The molecule has 0 atom stereocenters. The molecule has 2 heterocycles. The van der Waals surface area contributed by atoms with Gasteiger partial charge < -0.3 is 4.90 Å². The maximum Gasteiger partial charge on any atom is 0.334 e. The van der Waals surface area contributed by atoms with Crippen LogP contribution in [0.1, 0.15) is 11.3 Å². The first-order valence-corrected chi connectivity index (χ1v) is 5.99. The summed E-state index contributed by atoms with van der Waals surface area (Å²) in [6.45, 7) is 2.28. The van der Waals surface area contributed by atoms with Crippen molar-refractivity contribution in [3.05, 3.63) is 22.4 Å². The normalized spacial score (nSPS) is 17.3. The van der Waals surface area contributed by atoms with Crippen molar-refractivity contribution in [2.24, 2.45) is 5.84 Å². The summed E-state index contributed by atoms with van der Waals surface area (Å²) in [7, 11) is 0. The number of nitrogens with zero attached hydrogens (tertiary/aromatic N) is 2. The summed E-state index contributed by atoms with van der Waals surface area (Å²) < 4.78 is 0. The van der Waals surface area contributed by atoms with Gasteiger partial charge in [-0.15, -0.1) is 11.3 Å². The molecule has 0 unspecified atom stereocenters. The lowest BCUT2D eigenvalue weighted by Crippen LogP contribution is -2.52. The van der Waals surface area contributed by atoms with Crippen LogP contribution in [0.25, 0.3) is 0 Å². The zero-order valence-electron chi connectivity index (χ0n) is 8.56. The van der Waals surface area contributed by atoms with Crippen molar-refractivity contribution in [3.8, 4) is 0 Å². The molecule has 82 valence electrons. The predicted octanol–water partition coefficient (Wildman–Crippen LogP) is 1.29. The molecule has 0 aromatic carbocycles. The Hall–Kier alpha value is -1.07. The lowest BCUT2D eigenvalue weighted by atomic mass is 10.2. The van der Waals surface area contributed by atoms with Crippen LogP contribution in [0.2, 0.25) is 0 Å². The van der Waals surface area contributed by atoms with Gasteiger partial charge in [-0.25, -0.2) is 10.6 Å². The van der Waals surface area contributed by atoms with Crippen LogP contribution in [-0.2, 0) is 6.42 Å². The van der Waals surface area contributed by atoms with E-state index in [1.165, 1.54) is 9.89 Å². The molecule has 2 N–H and O–H groups in total. The SMILES string of the molecule is NN1CCCN(CCc2cccs2)C1=O. The minimum Gasteiger partial charge on any atom is -0.323 e. The van der Waals surface area contributed by atoms with Crippen LogP contribution in [-0.4, -0.2) is 35.6 Å². The zero-order valence-corrected chi connectivity index (χ0v) is 9.37. The quantitative estimate of drug-likeness (QED) is 0.622. The first-order valence-electron chi connectivity index (χ1n) is 5.11. The number of hydrogen-bond donors (Lipinski definition) is 1. The molecule has 1 saturated heterocycles. The number of nitrogens with two attached hydrogens (primary N) is 1. The highest BCUT2D eigenvalue weighted by molar-refractivity contribution is 7.09. The summed E-state index contributed by atoms with van der Waals surface area (Å²) in [5, 5.41) is 3.36. The van der Waals surface area contributed by atoms with Crippen LogP contribution < -0.4 is 5.84 Å². The summed E-state index contributed by atoms with van der Waals surface area (Å²) >= 11 is 1.73. The van der Waals surface area contributed by atoms with Crippen LogP contribution in [0.4, 0.5) is 4.79 Å². The molecule has 0 saturated carbocycles. The fourth-order valence-corrected chi connectivity index (χ4v) is 2.41. The number of thiophene rings is 1. The highest BCUT2D eigenvalue weighted by Gasteiger charge is 2.22. The topological polar surface area (TPSA) is 49.6 Å². The second-order valence-electron chi connectivity index (χ2n) is 3.65. The van der Waals surface area contributed by atoms with Crippen molar-refractivity contribution < 1.29 is 4.79 Å². The summed E-state index contributed by atoms with van der Waals surface area (Å²) in [6, 6.07) is 4.09. The van der Waals surface area contributed by atoms with Gasteiger partial charge in [-0.1, -0.05) is 6.07 Å². The highest BCUT2D eigenvalue weighted by atomic mass is 32.1. The van der Waals surface area contributed by atoms with Crippen molar-refractivity contribution in [1.82, 2.24) is 9.91 Å². The van der Waals surface area contributed by atoms with Crippen molar-refractivity contribution in [1.29, 1.82) is 0 Å². The Kier molecular flexibility index (Phi) is 3.23. The molecular formula is C10H15N3OS. The average Bonchev–Trinajstić information content (AvgIpc) is 2.73. The highest BCUT2D eigenvalue weighted by Crippen LogP contribution is 2.12. The van der Waals surface area contributed by atoms with Crippen molar-refractivity contribution >= 4 is 17.4 Å². The number of rotatable bonds is 3. The predicted molar refractivity (Wildman–Crippen MR) is 60.5 cm³/mol. The molecular weight excluding hydrogens is 210 g/mol. The van der Waals surface area contributed by atoms with E-state index in [4.69, 9.17) is 5.84 Å². The van der Waals surface area contributed by atoms with E-state index in [0.717, 1.165) is 25.9 Å². The van der Waals surface area contributed by atoms with Crippen molar-refractivity contribution in [3.63, 3.8) is 0 Å². The van der Waals surface area contributed by atoms with Gasteiger partial charge in [0.15, 0.2) is 0 Å². The second kappa shape index (κ2) is 4.63. The zero-order chi connectivity index (χ0) is 10.7. The molecule has 0 bridgehead atoms. The Morgan fingerprint density at radius 1 is 1.47 bits per heavy atom. The van der Waals surface area contributed by atoms with Gasteiger partial charge in [-0.3, -0.25) is 5.01 Å². The smallest absolute Gasteiger partial charge is 0.323 e. The van der Waals surface area contributed by atoms with E-state index in [0.29, 0.717) is 6.54 Å². The minimum absolute atomic E-state index is 0.0437. The molecule has 1 aliphatic rings. The lowest BCUT2D eigenvalue weighted by molar-refractivity contribution is 0.131. The molecule has 15 heavy (non-hydrogen) atoms. The van der Waals surface area contributed by atoms with Gasteiger partial charge in [-0.2, -0.15) is 0 Å². The molecule has 4 nitrogen and oxygen atoms in total. The average molecular weight is 225 g/mol. The molecule has 2 rings (SSSR count). The standard InChI is InChI=1S/C10H15N3OS/c11-13-6-2-5-12(10(13)14)7-4-9-3-1-8-15-9/h1,3,8H,2,4-7,11H2. The van der Waals surface area contributed by atoms with E-state index in [1.807, 2.05) is 11.0 Å². The van der Waals surface area contributed by atoms with Gasteiger partial charge in [0, 0.05) is 24.5 Å². The Balaban J connectivity index is 1.86. The molecule has 0 radical (unpaired) electrons. The van der Waals surface area contributed by atoms with Crippen LogP contribution in [0, 0.1) is 0 Å². The minimum atomic E-state index is -0.0437. The first kappa shape index (κ1) is 10.4. The summed E-state index contributed by atoms with van der Waals surface area (Å²) in [4.78, 5) is 14.8. The Morgan fingerprint density at radius 3 is 3.07 bits per heavy atom. The molecule has 1 aromatic heterocycles. The van der Waals surface area contributed by atoms with E-state index >= 15 is 0 Å². The molecule has 1 fully saturated rings. The fourth-order valence-electron chi connectivity index (χ4n) is 1.71. The van der Waals surface area contributed by atoms with E-state index in [9.17, 15) is 4.79 Å². The molecule has 0 spiro atoms. The van der Waals surface area contributed by atoms with E-state index in [-0.39, 0.29) is 6.03 Å². The number of carbonyl (C=O) groups is 1. The molecule has 2 amide bonds. The van der Waals surface area contributed by atoms with Gasteiger partial charge in [0.1, 0.15) is 0 Å². The number of urea groups is 1. The lowest BCUT2D eigenvalue weighted by Gasteiger charge is -2.32. The van der Waals surface area contributed by atoms with Crippen molar-refractivity contribution in [2.45, 2.75) is 12.8 Å². The molecule has 0 aliphatic carbocycles. The summed E-state index contributed by atoms with van der Waals surface area (Å²) in [5.74, 6) is 5.56. The fraction of sp³-hybridized carbons (Fsp3) is 0.500. The van der Waals surface area contributed by atoms with E-state index in [1.54, 1.807) is 11.3 Å². The molecule has 5 heteroatoms. The second-order valence-corrected chi connectivity index (χ2v) is 4.68. The largest absolute Gasteiger partial charge is 0.334 e. The Morgan fingerprint density at radius 2 is 2.33 bits per heavy atom. The van der Waals surface area contributed by atoms with Crippen LogP contribution in [0.5, 0.6) is 0 Å².